The van der Waals surface area contributed by atoms with Gasteiger partial charge in [-0.15, -0.1) is 11.3 Å². The van der Waals surface area contributed by atoms with E-state index in [-0.39, 0.29) is 5.54 Å². The third-order valence-electron chi connectivity index (χ3n) is 3.55. The molecule has 2 nitrogen and oxygen atoms in total. The average Bonchev–Trinajstić information content (AvgIpc) is 2.86. The summed E-state index contributed by atoms with van der Waals surface area (Å²) < 4.78 is 0. The fourth-order valence-electron chi connectivity index (χ4n) is 2.72. The molecule has 1 aliphatic heterocycles. The minimum atomic E-state index is 0.0148. The molecule has 1 aromatic carbocycles. The molecular formula is C17H18N2S. The molecule has 3 heteroatoms. The topological polar surface area (TPSA) is 24.4 Å². The summed E-state index contributed by atoms with van der Waals surface area (Å²) in [7, 11) is 0. The van der Waals surface area contributed by atoms with Crippen LogP contribution in [0.25, 0.3) is 16.7 Å². The summed E-state index contributed by atoms with van der Waals surface area (Å²) in [6, 6.07) is 8.66. The molecular weight excluding hydrogens is 264 g/mol. The van der Waals surface area contributed by atoms with Gasteiger partial charge in [-0.1, -0.05) is 12.1 Å². The highest BCUT2D eigenvalue weighted by atomic mass is 32.1. The molecule has 0 spiro atoms. The number of rotatable bonds is 2. The lowest BCUT2D eigenvalue weighted by atomic mass is 9.90. The molecule has 0 unspecified atom stereocenters. The van der Waals surface area contributed by atoms with Gasteiger partial charge in [0.15, 0.2) is 0 Å². The van der Waals surface area contributed by atoms with Gasteiger partial charge in [0.1, 0.15) is 5.00 Å². The molecule has 0 fully saturated rings. The zero-order valence-electron chi connectivity index (χ0n) is 12.0. The monoisotopic (exact) mass is 282 g/mol. The Labute approximate surface area is 123 Å². The third-order valence-corrected chi connectivity index (χ3v) is 4.41. The van der Waals surface area contributed by atoms with E-state index < -0.39 is 0 Å². The summed E-state index contributed by atoms with van der Waals surface area (Å²) in [6.45, 7) is 10.1. The van der Waals surface area contributed by atoms with Crippen LogP contribution in [-0.2, 0) is 0 Å². The first kappa shape index (κ1) is 13.1. The summed E-state index contributed by atoms with van der Waals surface area (Å²) >= 11 is 1.62. The van der Waals surface area contributed by atoms with Gasteiger partial charge in [-0.3, -0.25) is 4.99 Å². The lowest BCUT2D eigenvalue weighted by molar-refractivity contribution is 0.707. The first-order chi connectivity index (χ1) is 9.48. The standard InChI is InChI=1S/C17H18N2S/c1-11-9-17(2,3)19-15-6-5-12(7-14(11)15)13-8-16(18-4)20-10-13/h5-10,19H,4H2,1-3H3. The Kier molecular flexibility index (Phi) is 3.02. The number of thiophene rings is 1. The fraction of sp³-hybridized carbons (Fsp3) is 0.235. The molecule has 0 bridgehead atoms. The van der Waals surface area contributed by atoms with Crippen molar-refractivity contribution in [2.75, 3.05) is 5.32 Å². The summed E-state index contributed by atoms with van der Waals surface area (Å²) in [5.41, 5.74) is 6.25. The van der Waals surface area contributed by atoms with E-state index in [1.165, 1.54) is 28.0 Å². The van der Waals surface area contributed by atoms with Gasteiger partial charge in [0.2, 0.25) is 0 Å². The molecule has 0 radical (unpaired) electrons. The van der Waals surface area contributed by atoms with Crippen molar-refractivity contribution in [3.05, 3.63) is 41.3 Å². The second-order valence-corrected chi connectivity index (χ2v) is 6.66. The number of anilines is 1. The van der Waals surface area contributed by atoms with Crippen molar-refractivity contribution < 1.29 is 0 Å². The minimum Gasteiger partial charge on any atom is -0.376 e. The molecule has 102 valence electrons. The van der Waals surface area contributed by atoms with Crippen LogP contribution in [0.15, 0.2) is 40.7 Å². The van der Waals surface area contributed by atoms with Crippen LogP contribution in [0, 0.1) is 0 Å². The number of benzene rings is 1. The lowest BCUT2D eigenvalue weighted by Crippen LogP contribution is -2.31. The van der Waals surface area contributed by atoms with Gasteiger partial charge in [-0.05, 0) is 62.4 Å². The number of hydrogen-bond donors (Lipinski definition) is 1. The number of hydrogen-bond acceptors (Lipinski definition) is 3. The maximum atomic E-state index is 3.98. The van der Waals surface area contributed by atoms with Gasteiger partial charge in [0.05, 0.1) is 5.54 Å². The van der Waals surface area contributed by atoms with Gasteiger partial charge in [0, 0.05) is 16.6 Å². The maximum absolute atomic E-state index is 3.98. The fourth-order valence-corrected chi connectivity index (χ4v) is 3.44. The second kappa shape index (κ2) is 4.60. The molecule has 0 saturated heterocycles. The molecule has 1 aliphatic rings. The normalized spacial score (nSPS) is 16.1. The van der Waals surface area contributed by atoms with E-state index in [9.17, 15) is 0 Å². The van der Waals surface area contributed by atoms with Crippen LogP contribution in [0.1, 0.15) is 26.3 Å². The average molecular weight is 282 g/mol. The highest BCUT2D eigenvalue weighted by Crippen LogP contribution is 2.38. The Bertz CT molecular complexity index is 708. The van der Waals surface area contributed by atoms with Crippen LogP contribution in [0.3, 0.4) is 0 Å². The highest BCUT2D eigenvalue weighted by molar-refractivity contribution is 7.14. The quantitative estimate of drug-likeness (QED) is 0.737. The molecule has 0 saturated carbocycles. The van der Waals surface area contributed by atoms with E-state index >= 15 is 0 Å². The highest BCUT2D eigenvalue weighted by Gasteiger charge is 2.22. The van der Waals surface area contributed by atoms with Crippen LogP contribution < -0.4 is 5.32 Å². The Balaban J connectivity index is 2.06. The Morgan fingerprint density at radius 3 is 2.70 bits per heavy atom. The predicted octanol–water partition coefficient (Wildman–Crippen LogP) is 5.35. The van der Waals surface area contributed by atoms with Gasteiger partial charge in [0.25, 0.3) is 0 Å². The molecule has 0 amide bonds. The van der Waals surface area contributed by atoms with Crippen molar-refractivity contribution in [2.45, 2.75) is 26.3 Å². The number of allylic oxidation sites excluding steroid dienone is 1. The van der Waals surface area contributed by atoms with E-state index in [4.69, 9.17) is 0 Å². The first-order valence-electron chi connectivity index (χ1n) is 6.66. The van der Waals surface area contributed by atoms with E-state index in [1.54, 1.807) is 11.3 Å². The van der Waals surface area contributed by atoms with Gasteiger partial charge in [-0.25, -0.2) is 0 Å². The SMILES string of the molecule is C=Nc1cc(-c2ccc3c(c2)C(C)=CC(C)(C)N3)cs1. The van der Waals surface area contributed by atoms with Crippen LogP contribution in [-0.4, -0.2) is 12.3 Å². The molecule has 20 heavy (non-hydrogen) atoms. The summed E-state index contributed by atoms with van der Waals surface area (Å²) in [4.78, 5) is 3.98. The number of nitrogens with zero attached hydrogens (tertiary/aromatic N) is 1. The first-order valence-corrected chi connectivity index (χ1v) is 7.54. The van der Waals surface area contributed by atoms with Crippen LogP contribution in [0.2, 0.25) is 0 Å². The predicted molar refractivity (Wildman–Crippen MR) is 90.3 cm³/mol. The van der Waals surface area contributed by atoms with Crippen molar-refractivity contribution >= 4 is 34.3 Å². The number of nitrogens with one attached hydrogen (secondary N) is 1. The summed E-state index contributed by atoms with van der Waals surface area (Å²) in [5.74, 6) is 0. The molecule has 1 N–H and O–H groups in total. The van der Waals surface area contributed by atoms with E-state index in [0.29, 0.717) is 0 Å². The molecule has 1 aromatic heterocycles. The van der Waals surface area contributed by atoms with Gasteiger partial charge < -0.3 is 5.32 Å². The van der Waals surface area contributed by atoms with Crippen LogP contribution >= 0.6 is 11.3 Å². The van der Waals surface area contributed by atoms with Crippen LogP contribution in [0.5, 0.6) is 0 Å². The molecule has 0 atom stereocenters. The zero-order chi connectivity index (χ0) is 14.3. The lowest BCUT2D eigenvalue weighted by Gasteiger charge is -2.31. The van der Waals surface area contributed by atoms with E-state index in [0.717, 1.165) is 5.00 Å². The Morgan fingerprint density at radius 1 is 1.20 bits per heavy atom. The summed E-state index contributed by atoms with van der Waals surface area (Å²) in [5, 5.41) is 6.65. The van der Waals surface area contributed by atoms with Crippen molar-refractivity contribution in [1.29, 1.82) is 0 Å². The minimum absolute atomic E-state index is 0.0148. The van der Waals surface area contributed by atoms with Crippen molar-refractivity contribution in [1.82, 2.24) is 0 Å². The van der Waals surface area contributed by atoms with Crippen molar-refractivity contribution in [2.24, 2.45) is 4.99 Å². The van der Waals surface area contributed by atoms with E-state index in [2.05, 4.69) is 73.5 Å². The number of aliphatic imine (C=N–C) groups is 1. The van der Waals surface area contributed by atoms with Gasteiger partial charge >= 0.3 is 0 Å². The molecule has 0 aliphatic carbocycles. The summed E-state index contributed by atoms with van der Waals surface area (Å²) in [6.07, 6.45) is 2.28. The van der Waals surface area contributed by atoms with Crippen molar-refractivity contribution in [3.63, 3.8) is 0 Å². The Morgan fingerprint density at radius 2 is 2.00 bits per heavy atom. The van der Waals surface area contributed by atoms with E-state index in [1.807, 2.05) is 0 Å². The maximum Gasteiger partial charge on any atom is 0.115 e. The molecule has 2 heterocycles. The third kappa shape index (κ3) is 2.29. The van der Waals surface area contributed by atoms with Crippen LogP contribution in [0.4, 0.5) is 10.7 Å². The Hall–Kier alpha value is -1.87. The molecule has 3 rings (SSSR count). The molecule has 2 aromatic rings. The zero-order valence-corrected chi connectivity index (χ0v) is 12.8. The smallest absolute Gasteiger partial charge is 0.115 e. The largest absolute Gasteiger partial charge is 0.376 e. The number of fused-ring (bicyclic) bond motifs is 1. The van der Waals surface area contributed by atoms with Gasteiger partial charge in [-0.2, -0.15) is 0 Å². The van der Waals surface area contributed by atoms with Crippen molar-refractivity contribution in [3.8, 4) is 11.1 Å². The second-order valence-electron chi connectivity index (χ2n) is 5.77.